The molecule has 0 aromatic heterocycles. The Morgan fingerprint density at radius 2 is 1.86 bits per heavy atom. The second-order valence-electron chi connectivity index (χ2n) is 6.07. The molecule has 0 saturated carbocycles. The summed E-state index contributed by atoms with van der Waals surface area (Å²) in [7, 11) is -3.07. The van der Waals surface area contributed by atoms with E-state index in [0.717, 1.165) is 23.8 Å². The van der Waals surface area contributed by atoms with Crippen LogP contribution in [0.25, 0.3) is 0 Å². The lowest BCUT2D eigenvalue weighted by Crippen LogP contribution is -2.40. The predicted molar refractivity (Wildman–Crippen MR) is 89.6 cm³/mol. The van der Waals surface area contributed by atoms with Gasteiger partial charge in [-0.15, -0.1) is 0 Å². The maximum Gasteiger partial charge on any atom is 0.315 e. The number of rotatable bonds is 7. The highest BCUT2D eigenvalue weighted by atomic mass is 32.2. The van der Waals surface area contributed by atoms with Gasteiger partial charge in [-0.25, -0.2) is 13.2 Å². The van der Waals surface area contributed by atoms with Crippen LogP contribution in [-0.2, 0) is 9.84 Å². The van der Waals surface area contributed by atoms with E-state index >= 15 is 0 Å². The number of sulfone groups is 1. The number of benzene rings is 1. The van der Waals surface area contributed by atoms with Crippen molar-refractivity contribution in [1.29, 1.82) is 0 Å². The SMILES string of the molecule is Cc1ccccc1[C@@H](CC(C)C)NC(=O)NCCS(C)(=O)=O. The van der Waals surface area contributed by atoms with Crippen LogP contribution in [0.5, 0.6) is 0 Å². The predicted octanol–water partition coefficient (Wildman–Crippen LogP) is 2.43. The van der Waals surface area contributed by atoms with Gasteiger partial charge in [0.25, 0.3) is 0 Å². The maximum atomic E-state index is 12.0. The highest BCUT2D eigenvalue weighted by Gasteiger charge is 2.17. The monoisotopic (exact) mass is 326 g/mol. The van der Waals surface area contributed by atoms with Crippen molar-refractivity contribution in [3.8, 4) is 0 Å². The third-order valence-electron chi connectivity index (χ3n) is 3.33. The molecule has 1 aromatic rings. The first-order chi connectivity index (χ1) is 10.2. The van der Waals surface area contributed by atoms with Gasteiger partial charge in [-0.05, 0) is 30.4 Å². The molecule has 124 valence electrons. The minimum Gasteiger partial charge on any atom is -0.337 e. The summed E-state index contributed by atoms with van der Waals surface area (Å²) in [6.07, 6.45) is 1.98. The van der Waals surface area contributed by atoms with Gasteiger partial charge in [0.15, 0.2) is 0 Å². The summed E-state index contributed by atoms with van der Waals surface area (Å²) < 4.78 is 22.1. The van der Waals surface area contributed by atoms with Crippen LogP contribution >= 0.6 is 0 Å². The average Bonchev–Trinajstić information content (AvgIpc) is 2.36. The van der Waals surface area contributed by atoms with Crippen LogP contribution in [0.4, 0.5) is 4.79 Å². The summed E-state index contributed by atoms with van der Waals surface area (Å²) in [5, 5.41) is 5.55. The molecule has 0 unspecified atom stereocenters. The number of urea groups is 1. The lowest BCUT2D eigenvalue weighted by Gasteiger charge is -2.23. The fraction of sp³-hybridized carbons (Fsp3) is 0.562. The minimum absolute atomic E-state index is 0.0559. The fourth-order valence-corrected chi connectivity index (χ4v) is 2.74. The van der Waals surface area contributed by atoms with Crippen molar-refractivity contribution >= 4 is 15.9 Å². The minimum atomic E-state index is -3.07. The van der Waals surface area contributed by atoms with Gasteiger partial charge in [0, 0.05) is 12.8 Å². The van der Waals surface area contributed by atoms with E-state index in [4.69, 9.17) is 0 Å². The van der Waals surface area contributed by atoms with E-state index in [0.29, 0.717) is 5.92 Å². The van der Waals surface area contributed by atoms with Gasteiger partial charge in [-0.3, -0.25) is 0 Å². The fourth-order valence-electron chi connectivity index (χ4n) is 2.27. The van der Waals surface area contributed by atoms with Crippen LogP contribution in [0.15, 0.2) is 24.3 Å². The third kappa shape index (κ3) is 6.93. The molecule has 0 aliphatic rings. The van der Waals surface area contributed by atoms with Gasteiger partial charge >= 0.3 is 6.03 Å². The first-order valence-corrected chi connectivity index (χ1v) is 9.52. The van der Waals surface area contributed by atoms with Crippen molar-refractivity contribution in [2.24, 2.45) is 5.92 Å². The van der Waals surface area contributed by atoms with Gasteiger partial charge < -0.3 is 10.6 Å². The van der Waals surface area contributed by atoms with Crippen molar-refractivity contribution in [2.45, 2.75) is 33.2 Å². The van der Waals surface area contributed by atoms with Gasteiger partial charge in [0.2, 0.25) is 0 Å². The number of carbonyl (C=O) groups excluding carboxylic acids is 1. The largest absolute Gasteiger partial charge is 0.337 e. The average molecular weight is 326 g/mol. The number of aryl methyl sites for hydroxylation is 1. The van der Waals surface area contributed by atoms with Gasteiger partial charge in [-0.1, -0.05) is 38.1 Å². The van der Waals surface area contributed by atoms with Crippen molar-refractivity contribution in [1.82, 2.24) is 10.6 Å². The molecule has 0 fully saturated rings. The summed E-state index contributed by atoms with van der Waals surface area (Å²) >= 11 is 0. The first kappa shape index (κ1) is 18.5. The highest BCUT2D eigenvalue weighted by Crippen LogP contribution is 2.23. The summed E-state index contributed by atoms with van der Waals surface area (Å²) in [4.78, 5) is 12.0. The quantitative estimate of drug-likeness (QED) is 0.808. The van der Waals surface area contributed by atoms with Crippen LogP contribution < -0.4 is 10.6 Å². The smallest absolute Gasteiger partial charge is 0.315 e. The molecule has 6 heteroatoms. The zero-order valence-electron chi connectivity index (χ0n) is 13.7. The molecule has 1 atom stereocenters. The Kier molecular flexibility index (Phi) is 6.87. The van der Waals surface area contributed by atoms with E-state index in [9.17, 15) is 13.2 Å². The summed E-state index contributed by atoms with van der Waals surface area (Å²) in [5.41, 5.74) is 2.22. The molecule has 2 amide bonds. The standard InChI is InChI=1S/C16H26N2O3S/c1-12(2)11-15(14-8-6-5-7-13(14)3)18-16(19)17-9-10-22(4,20)21/h5-8,12,15H,9-11H2,1-4H3,(H2,17,18,19)/t15-/m1/s1. The van der Waals surface area contributed by atoms with E-state index in [2.05, 4.69) is 24.5 Å². The van der Waals surface area contributed by atoms with Crippen molar-refractivity contribution in [3.63, 3.8) is 0 Å². The van der Waals surface area contributed by atoms with Crippen LogP contribution in [0.3, 0.4) is 0 Å². The summed E-state index contributed by atoms with van der Waals surface area (Å²) in [5.74, 6) is 0.375. The number of hydrogen-bond donors (Lipinski definition) is 2. The Hall–Kier alpha value is -1.56. The number of hydrogen-bond acceptors (Lipinski definition) is 3. The van der Waals surface area contributed by atoms with Crippen molar-refractivity contribution < 1.29 is 13.2 Å². The Bertz CT molecular complexity index is 597. The topological polar surface area (TPSA) is 75.3 Å². The van der Waals surface area contributed by atoms with Crippen LogP contribution in [0, 0.1) is 12.8 Å². The molecule has 0 aliphatic carbocycles. The molecule has 1 rings (SSSR count). The molecule has 22 heavy (non-hydrogen) atoms. The molecule has 1 aromatic carbocycles. The molecule has 0 spiro atoms. The van der Waals surface area contributed by atoms with Crippen molar-refractivity contribution in [3.05, 3.63) is 35.4 Å². The van der Waals surface area contributed by atoms with E-state index in [-0.39, 0.29) is 24.4 Å². The van der Waals surface area contributed by atoms with E-state index in [1.54, 1.807) is 0 Å². The molecule has 0 bridgehead atoms. The lowest BCUT2D eigenvalue weighted by atomic mass is 9.94. The number of amides is 2. The normalized spacial score (nSPS) is 13.0. The zero-order chi connectivity index (χ0) is 16.8. The second-order valence-corrected chi connectivity index (χ2v) is 8.33. The van der Waals surface area contributed by atoms with E-state index in [1.165, 1.54) is 0 Å². The van der Waals surface area contributed by atoms with Gasteiger partial charge in [0.1, 0.15) is 9.84 Å². The van der Waals surface area contributed by atoms with E-state index in [1.807, 2.05) is 31.2 Å². The molecule has 0 saturated heterocycles. The van der Waals surface area contributed by atoms with Crippen LogP contribution in [0.2, 0.25) is 0 Å². The molecular weight excluding hydrogens is 300 g/mol. The Morgan fingerprint density at radius 3 is 2.41 bits per heavy atom. The van der Waals surface area contributed by atoms with Crippen LogP contribution in [-0.4, -0.2) is 33.0 Å². The Labute approximate surface area is 133 Å². The van der Waals surface area contributed by atoms with Gasteiger partial charge in [0.05, 0.1) is 11.8 Å². The summed E-state index contributed by atoms with van der Waals surface area (Å²) in [6, 6.07) is 7.54. The number of carbonyl (C=O) groups is 1. The highest BCUT2D eigenvalue weighted by molar-refractivity contribution is 7.90. The summed E-state index contributed by atoms with van der Waals surface area (Å²) in [6.45, 7) is 6.35. The maximum absolute atomic E-state index is 12.0. The molecule has 0 heterocycles. The van der Waals surface area contributed by atoms with Crippen LogP contribution in [0.1, 0.15) is 37.4 Å². The van der Waals surface area contributed by atoms with E-state index < -0.39 is 9.84 Å². The molecule has 0 radical (unpaired) electrons. The number of nitrogens with one attached hydrogen (secondary N) is 2. The second kappa shape index (κ2) is 8.17. The zero-order valence-corrected chi connectivity index (χ0v) is 14.5. The first-order valence-electron chi connectivity index (χ1n) is 7.46. The molecular formula is C16H26N2O3S. The Morgan fingerprint density at radius 1 is 1.23 bits per heavy atom. The Balaban J connectivity index is 2.70. The van der Waals surface area contributed by atoms with Gasteiger partial charge in [-0.2, -0.15) is 0 Å². The molecule has 2 N–H and O–H groups in total. The van der Waals surface area contributed by atoms with Crippen molar-refractivity contribution in [2.75, 3.05) is 18.6 Å². The third-order valence-corrected chi connectivity index (χ3v) is 4.28. The molecule has 0 aliphatic heterocycles. The lowest BCUT2D eigenvalue weighted by molar-refractivity contribution is 0.235. The molecule has 5 nitrogen and oxygen atoms in total.